The molecule has 0 bridgehead atoms. The third kappa shape index (κ3) is 4.70. The van der Waals surface area contributed by atoms with Gasteiger partial charge in [0.05, 0.1) is 37.1 Å². The van der Waals surface area contributed by atoms with Gasteiger partial charge in [-0.05, 0) is 44.9 Å². The first kappa shape index (κ1) is 21.3. The van der Waals surface area contributed by atoms with Crippen LogP contribution in [0.2, 0.25) is 0 Å². The van der Waals surface area contributed by atoms with Crippen molar-refractivity contribution in [2.24, 2.45) is 0 Å². The van der Waals surface area contributed by atoms with E-state index in [-0.39, 0.29) is 31.0 Å². The van der Waals surface area contributed by atoms with Crippen LogP contribution in [0.5, 0.6) is 0 Å². The minimum Gasteiger partial charge on any atom is -0.394 e. The molecule has 1 aromatic heterocycles. The highest BCUT2D eigenvalue weighted by atomic mass is 16.5. The molecule has 0 saturated carbocycles. The summed E-state index contributed by atoms with van der Waals surface area (Å²) in [7, 11) is 0. The number of rotatable bonds is 6. The second kappa shape index (κ2) is 9.06. The summed E-state index contributed by atoms with van der Waals surface area (Å²) in [5.74, 6) is 0. The number of aryl methyl sites for hydroxylation is 1. The number of allylic oxidation sites excluding steroid dienone is 2. The standard InChI is InChI=1S/C25H33NO4/c1-16(2)29-20-7-5-18(6-8-20)13-26-14-23(22-10-17(3)4-9-24(22)26)25-12-19(28)11-21(15-27)30-25/h4-7,9-10,14,16,19-21,25,27-28H,8,11-13,15H2,1-3H3/t19-,20?,21-,25+/m0/s1. The zero-order valence-corrected chi connectivity index (χ0v) is 18.1. The van der Waals surface area contributed by atoms with Gasteiger partial charge in [0.15, 0.2) is 0 Å². The first-order valence-electron chi connectivity index (χ1n) is 11.0. The highest BCUT2D eigenvalue weighted by Crippen LogP contribution is 2.37. The minimum atomic E-state index is -0.453. The lowest BCUT2D eigenvalue weighted by Crippen LogP contribution is -2.33. The summed E-state index contributed by atoms with van der Waals surface area (Å²) in [6.07, 6.45) is 10.1. The van der Waals surface area contributed by atoms with Crippen LogP contribution in [0.25, 0.3) is 10.9 Å². The molecule has 4 rings (SSSR count). The van der Waals surface area contributed by atoms with Gasteiger partial charge < -0.3 is 24.3 Å². The van der Waals surface area contributed by atoms with Gasteiger partial charge in [-0.2, -0.15) is 0 Å². The number of ether oxygens (including phenoxy) is 2. The molecule has 2 aliphatic rings. The van der Waals surface area contributed by atoms with Crippen LogP contribution in [0.1, 0.15) is 50.3 Å². The number of aliphatic hydroxyl groups is 2. The molecular formula is C25H33NO4. The Bertz CT molecular complexity index is 942. The van der Waals surface area contributed by atoms with Gasteiger partial charge in [0.2, 0.25) is 0 Å². The molecule has 4 atom stereocenters. The quantitative estimate of drug-likeness (QED) is 0.748. The summed E-state index contributed by atoms with van der Waals surface area (Å²) < 4.78 is 14.3. The summed E-state index contributed by atoms with van der Waals surface area (Å²) >= 11 is 0. The van der Waals surface area contributed by atoms with Crippen molar-refractivity contribution in [2.45, 2.75) is 77.1 Å². The molecule has 1 aliphatic heterocycles. The van der Waals surface area contributed by atoms with E-state index in [2.05, 4.69) is 68.0 Å². The Morgan fingerprint density at radius 3 is 2.80 bits per heavy atom. The molecule has 0 radical (unpaired) electrons. The Morgan fingerprint density at radius 2 is 2.10 bits per heavy atom. The van der Waals surface area contributed by atoms with Gasteiger partial charge in [0, 0.05) is 42.0 Å². The van der Waals surface area contributed by atoms with Crippen LogP contribution < -0.4 is 0 Å². The van der Waals surface area contributed by atoms with Crippen LogP contribution in [-0.2, 0) is 16.0 Å². The maximum absolute atomic E-state index is 10.3. The number of aliphatic hydroxyl groups excluding tert-OH is 2. The van der Waals surface area contributed by atoms with Crippen LogP contribution in [-0.4, -0.2) is 45.8 Å². The molecule has 2 N–H and O–H groups in total. The highest BCUT2D eigenvalue weighted by Gasteiger charge is 2.31. The molecule has 30 heavy (non-hydrogen) atoms. The Hall–Kier alpha value is -1.92. The largest absolute Gasteiger partial charge is 0.394 e. The normalized spacial score (nSPS) is 27.1. The first-order chi connectivity index (χ1) is 14.4. The molecule has 2 heterocycles. The van der Waals surface area contributed by atoms with Crippen LogP contribution in [0.15, 0.2) is 48.2 Å². The maximum atomic E-state index is 10.3. The predicted octanol–water partition coefficient (Wildman–Crippen LogP) is 4.20. The molecular weight excluding hydrogens is 378 g/mol. The second-order valence-corrected chi connectivity index (χ2v) is 8.88. The number of benzene rings is 1. The van der Waals surface area contributed by atoms with E-state index in [9.17, 15) is 10.2 Å². The molecule has 162 valence electrons. The van der Waals surface area contributed by atoms with E-state index in [1.165, 1.54) is 11.1 Å². The molecule has 0 amide bonds. The van der Waals surface area contributed by atoms with Gasteiger partial charge >= 0.3 is 0 Å². The summed E-state index contributed by atoms with van der Waals surface area (Å²) in [4.78, 5) is 0. The van der Waals surface area contributed by atoms with Gasteiger partial charge in [-0.15, -0.1) is 0 Å². The van der Waals surface area contributed by atoms with E-state index in [0.29, 0.717) is 12.8 Å². The zero-order valence-electron chi connectivity index (χ0n) is 18.1. The monoisotopic (exact) mass is 411 g/mol. The van der Waals surface area contributed by atoms with Crippen LogP contribution in [0.3, 0.4) is 0 Å². The van der Waals surface area contributed by atoms with E-state index < -0.39 is 6.10 Å². The third-order valence-corrected chi connectivity index (χ3v) is 5.93. The van der Waals surface area contributed by atoms with Crippen LogP contribution in [0, 0.1) is 6.92 Å². The van der Waals surface area contributed by atoms with Crippen molar-refractivity contribution in [1.82, 2.24) is 4.57 Å². The Kier molecular flexibility index (Phi) is 6.44. The zero-order chi connectivity index (χ0) is 21.3. The molecule has 2 aromatic rings. The van der Waals surface area contributed by atoms with Crippen molar-refractivity contribution in [1.29, 1.82) is 0 Å². The number of fused-ring (bicyclic) bond motifs is 1. The molecule has 5 heteroatoms. The van der Waals surface area contributed by atoms with E-state index in [1.807, 2.05) is 0 Å². The first-order valence-corrected chi connectivity index (χ1v) is 11.0. The summed E-state index contributed by atoms with van der Waals surface area (Å²) in [6, 6.07) is 6.49. The summed E-state index contributed by atoms with van der Waals surface area (Å²) in [5.41, 5.74) is 4.71. The molecule has 1 aromatic carbocycles. The lowest BCUT2D eigenvalue weighted by Gasteiger charge is -2.32. The van der Waals surface area contributed by atoms with Gasteiger partial charge in [-0.25, -0.2) is 0 Å². The molecule has 5 nitrogen and oxygen atoms in total. The van der Waals surface area contributed by atoms with Crippen molar-refractivity contribution in [2.75, 3.05) is 6.61 Å². The van der Waals surface area contributed by atoms with Crippen molar-refractivity contribution >= 4 is 10.9 Å². The summed E-state index contributed by atoms with van der Waals surface area (Å²) in [6.45, 7) is 6.93. The number of hydrogen-bond acceptors (Lipinski definition) is 4. The lowest BCUT2D eigenvalue weighted by atomic mass is 9.95. The third-order valence-electron chi connectivity index (χ3n) is 5.93. The molecule has 1 fully saturated rings. The van der Waals surface area contributed by atoms with E-state index in [1.54, 1.807) is 0 Å². The van der Waals surface area contributed by atoms with Crippen LogP contribution >= 0.6 is 0 Å². The maximum Gasteiger partial charge on any atom is 0.0875 e. The molecule has 1 unspecified atom stereocenters. The van der Waals surface area contributed by atoms with E-state index in [4.69, 9.17) is 9.47 Å². The average Bonchev–Trinajstić information content (AvgIpc) is 3.06. The number of hydrogen-bond donors (Lipinski definition) is 2. The van der Waals surface area contributed by atoms with Crippen LogP contribution in [0.4, 0.5) is 0 Å². The predicted molar refractivity (Wildman–Crippen MR) is 118 cm³/mol. The van der Waals surface area contributed by atoms with Gasteiger partial charge in [-0.3, -0.25) is 0 Å². The Morgan fingerprint density at radius 1 is 1.27 bits per heavy atom. The van der Waals surface area contributed by atoms with Gasteiger partial charge in [-0.1, -0.05) is 29.9 Å². The SMILES string of the molecule is Cc1ccc2c(c1)c([C@H]1C[C@@H](O)C[C@@H](CO)O1)cn2CC1=CCC(OC(C)C)C=C1. The highest BCUT2D eigenvalue weighted by molar-refractivity contribution is 5.85. The van der Waals surface area contributed by atoms with E-state index in [0.717, 1.165) is 29.4 Å². The fourth-order valence-electron chi connectivity index (χ4n) is 4.54. The summed E-state index contributed by atoms with van der Waals surface area (Å²) in [5, 5.41) is 21.0. The number of nitrogens with zero attached hydrogens (tertiary/aromatic N) is 1. The number of aromatic nitrogens is 1. The van der Waals surface area contributed by atoms with E-state index >= 15 is 0 Å². The average molecular weight is 412 g/mol. The fourth-order valence-corrected chi connectivity index (χ4v) is 4.54. The van der Waals surface area contributed by atoms with Crippen molar-refractivity contribution in [3.05, 3.63) is 59.3 Å². The topological polar surface area (TPSA) is 63.8 Å². The lowest BCUT2D eigenvalue weighted by molar-refractivity contribution is -0.113. The van der Waals surface area contributed by atoms with Gasteiger partial charge in [0.1, 0.15) is 0 Å². The smallest absolute Gasteiger partial charge is 0.0875 e. The Balaban J connectivity index is 1.61. The van der Waals surface area contributed by atoms with Crippen molar-refractivity contribution in [3.63, 3.8) is 0 Å². The Labute approximate surface area is 178 Å². The second-order valence-electron chi connectivity index (χ2n) is 8.88. The van der Waals surface area contributed by atoms with Crippen molar-refractivity contribution < 1.29 is 19.7 Å². The fraction of sp³-hybridized carbons (Fsp3) is 0.520. The molecule has 1 saturated heterocycles. The van der Waals surface area contributed by atoms with Crippen molar-refractivity contribution in [3.8, 4) is 0 Å². The molecule has 1 aliphatic carbocycles. The minimum absolute atomic E-state index is 0.0669. The van der Waals surface area contributed by atoms with Gasteiger partial charge in [0.25, 0.3) is 0 Å². The molecule has 0 spiro atoms.